The summed E-state index contributed by atoms with van der Waals surface area (Å²) in [7, 11) is 0. The number of likely N-dealkylation sites (tertiary alicyclic amines) is 1. The van der Waals surface area contributed by atoms with Gasteiger partial charge in [0.1, 0.15) is 5.82 Å². The number of carbonyl (C=O) groups is 1. The molecule has 1 saturated heterocycles. The van der Waals surface area contributed by atoms with Crippen molar-refractivity contribution in [3.05, 3.63) is 83.4 Å². The highest BCUT2D eigenvalue weighted by atomic mass is 16.2. The van der Waals surface area contributed by atoms with Crippen molar-refractivity contribution >= 4 is 11.6 Å². The number of hydrogen-bond donors (Lipinski definition) is 0. The van der Waals surface area contributed by atoms with Gasteiger partial charge in [-0.15, -0.1) is 0 Å². The van der Waals surface area contributed by atoms with Crippen molar-refractivity contribution < 1.29 is 4.79 Å². The van der Waals surface area contributed by atoms with Crippen molar-refractivity contribution in [3.63, 3.8) is 0 Å². The Morgan fingerprint density at radius 3 is 2.45 bits per heavy atom. The quantitative estimate of drug-likeness (QED) is 0.602. The van der Waals surface area contributed by atoms with E-state index in [0.717, 1.165) is 56.8 Å². The van der Waals surface area contributed by atoms with Crippen molar-refractivity contribution in [2.24, 2.45) is 0 Å². The summed E-state index contributed by atoms with van der Waals surface area (Å²) in [6, 6.07) is 17.1. The predicted molar refractivity (Wildman–Crippen MR) is 123 cm³/mol. The Morgan fingerprint density at radius 1 is 1.03 bits per heavy atom. The number of aryl methyl sites for hydroxylation is 2. The van der Waals surface area contributed by atoms with Gasteiger partial charge in [0.2, 0.25) is 0 Å². The zero-order valence-electron chi connectivity index (χ0n) is 18.2. The van der Waals surface area contributed by atoms with Gasteiger partial charge in [-0.2, -0.15) is 0 Å². The highest BCUT2D eigenvalue weighted by Gasteiger charge is 2.27. The maximum atomic E-state index is 13.3. The van der Waals surface area contributed by atoms with E-state index in [4.69, 9.17) is 0 Å². The van der Waals surface area contributed by atoms with Crippen molar-refractivity contribution in [3.8, 4) is 0 Å². The van der Waals surface area contributed by atoms with Gasteiger partial charge in [-0.1, -0.05) is 24.3 Å². The molecule has 5 heteroatoms. The first kappa shape index (κ1) is 19.9. The molecule has 0 spiro atoms. The van der Waals surface area contributed by atoms with Gasteiger partial charge in [0.25, 0.3) is 5.91 Å². The number of imidazole rings is 1. The second-order valence-corrected chi connectivity index (χ2v) is 8.78. The summed E-state index contributed by atoms with van der Waals surface area (Å²) in [5.41, 5.74) is 4.77. The Kier molecular flexibility index (Phi) is 5.49. The van der Waals surface area contributed by atoms with Gasteiger partial charge < -0.3 is 14.4 Å². The average molecular weight is 415 g/mol. The van der Waals surface area contributed by atoms with E-state index in [2.05, 4.69) is 55.7 Å². The standard InChI is InChI=1S/C26H30N4O/c1-20-27-14-17-28(20)16-13-25-8-4-5-15-30(25)26(31)21-9-11-24(12-10-21)29-18-22-6-2-3-7-23(22)19-29/h2-3,6-7,9-12,14,17,25H,4-5,8,13,15-16,18-19H2,1H3. The number of hydrogen-bond acceptors (Lipinski definition) is 3. The van der Waals surface area contributed by atoms with E-state index in [0.29, 0.717) is 6.04 Å². The van der Waals surface area contributed by atoms with Crippen LogP contribution in [0.3, 0.4) is 0 Å². The van der Waals surface area contributed by atoms with Gasteiger partial charge in [-0.05, 0) is 68.0 Å². The Morgan fingerprint density at radius 2 is 1.77 bits per heavy atom. The Labute approximate surface area is 184 Å². The molecule has 5 rings (SSSR count). The van der Waals surface area contributed by atoms with Gasteiger partial charge in [-0.3, -0.25) is 4.79 Å². The minimum absolute atomic E-state index is 0.170. The molecule has 2 aromatic carbocycles. The topological polar surface area (TPSA) is 41.4 Å². The zero-order valence-corrected chi connectivity index (χ0v) is 18.2. The fourth-order valence-electron chi connectivity index (χ4n) is 4.99. The normalized spacial score (nSPS) is 18.3. The van der Waals surface area contributed by atoms with E-state index in [1.165, 1.54) is 23.2 Å². The van der Waals surface area contributed by atoms with Gasteiger partial charge in [0, 0.05) is 55.9 Å². The van der Waals surface area contributed by atoms with Crippen LogP contribution in [0.5, 0.6) is 0 Å². The molecule has 1 atom stereocenters. The lowest BCUT2D eigenvalue weighted by Gasteiger charge is -2.36. The molecule has 1 fully saturated rings. The molecule has 2 aliphatic rings. The summed E-state index contributed by atoms with van der Waals surface area (Å²) < 4.78 is 2.18. The van der Waals surface area contributed by atoms with Gasteiger partial charge in [-0.25, -0.2) is 4.98 Å². The van der Waals surface area contributed by atoms with E-state index >= 15 is 0 Å². The summed E-state index contributed by atoms with van der Waals surface area (Å²) in [6.45, 7) is 5.67. The van der Waals surface area contributed by atoms with E-state index in [9.17, 15) is 4.79 Å². The number of fused-ring (bicyclic) bond motifs is 1. The maximum Gasteiger partial charge on any atom is 0.254 e. The molecule has 3 heterocycles. The highest BCUT2D eigenvalue weighted by Crippen LogP contribution is 2.29. The fraction of sp³-hybridized carbons (Fsp3) is 0.385. The molecule has 2 aliphatic heterocycles. The summed E-state index contributed by atoms with van der Waals surface area (Å²) in [5, 5.41) is 0. The number of amides is 1. The smallest absolute Gasteiger partial charge is 0.254 e. The second-order valence-electron chi connectivity index (χ2n) is 8.78. The van der Waals surface area contributed by atoms with Gasteiger partial charge in [0.15, 0.2) is 0 Å². The number of rotatable bonds is 5. The molecule has 3 aromatic rings. The van der Waals surface area contributed by atoms with Crippen LogP contribution in [0.25, 0.3) is 0 Å². The summed E-state index contributed by atoms with van der Waals surface area (Å²) in [4.78, 5) is 22.1. The van der Waals surface area contributed by atoms with Crippen LogP contribution in [0.2, 0.25) is 0 Å². The first-order chi connectivity index (χ1) is 15.2. The van der Waals surface area contributed by atoms with E-state index < -0.39 is 0 Å². The van der Waals surface area contributed by atoms with Crippen molar-refractivity contribution in [2.45, 2.75) is 58.3 Å². The Hall–Kier alpha value is -3.08. The minimum atomic E-state index is 0.170. The van der Waals surface area contributed by atoms with Gasteiger partial charge >= 0.3 is 0 Å². The van der Waals surface area contributed by atoms with Crippen LogP contribution in [-0.2, 0) is 19.6 Å². The second kappa shape index (κ2) is 8.58. The largest absolute Gasteiger partial charge is 0.363 e. The molecule has 1 unspecified atom stereocenters. The highest BCUT2D eigenvalue weighted by molar-refractivity contribution is 5.94. The van der Waals surface area contributed by atoms with Crippen LogP contribution in [0, 0.1) is 6.92 Å². The maximum absolute atomic E-state index is 13.3. The Bertz CT molecular complexity index is 1030. The number of anilines is 1. The lowest BCUT2D eigenvalue weighted by atomic mass is 9.98. The number of benzene rings is 2. The lowest BCUT2D eigenvalue weighted by molar-refractivity contribution is 0.0595. The molecule has 0 saturated carbocycles. The minimum Gasteiger partial charge on any atom is -0.363 e. The van der Waals surface area contributed by atoms with Crippen molar-refractivity contribution in [2.75, 3.05) is 11.4 Å². The van der Waals surface area contributed by atoms with Crippen LogP contribution in [-0.4, -0.2) is 32.9 Å². The molecular weight excluding hydrogens is 384 g/mol. The summed E-state index contributed by atoms with van der Waals surface area (Å²) >= 11 is 0. The monoisotopic (exact) mass is 414 g/mol. The molecule has 31 heavy (non-hydrogen) atoms. The van der Waals surface area contributed by atoms with Crippen LogP contribution in [0.1, 0.15) is 53.0 Å². The van der Waals surface area contributed by atoms with Gasteiger partial charge in [0.05, 0.1) is 0 Å². The number of carbonyl (C=O) groups excluding carboxylic acids is 1. The van der Waals surface area contributed by atoms with E-state index in [-0.39, 0.29) is 5.91 Å². The summed E-state index contributed by atoms with van der Waals surface area (Å²) in [5.74, 6) is 1.21. The third-order valence-corrected chi connectivity index (χ3v) is 6.84. The first-order valence-corrected chi connectivity index (χ1v) is 11.4. The van der Waals surface area contributed by atoms with E-state index in [1.54, 1.807) is 0 Å². The molecule has 0 radical (unpaired) electrons. The lowest BCUT2D eigenvalue weighted by Crippen LogP contribution is -2.44. The molecular formula is C26H30N4O. The number of nitrogens with zero attached hydrogens (tertiary/aromatic N) is 4. The molecule has 0 N–H and O–H groups in total. The average Bonchev–Trinajstić information content (AvgIpc) is 3.43. The van der Waals surface area contributed by atoms with Crippen LogP contribution in [0.15, 0.2) is 60.9 Å². The first-order valence-electron chi connectivity index (χ1n) is 11.4. The Balaban J connectivity index is 1.26. The third kappa shape index (κ3) is 4.09. The number of aromatic nitrogens is 2. The van der Waals surface area contributed by atoms with Crippen LogP contribution >= 0.6 is 0 Å². The molecule has 5 nitrogen and oxygen atoms in total. The molecule has 0 aliphatic carbocycles. The predicted octanol–water partition coefficient (Wildman–Crippen LogP) is 4.80. The van der Waals surface area contributed by atoms with Crippen LogP contribution < -0.4 is 4.90 Å². The van der Waals surface area contributed by atoms with E-state index in [1.807, 2.05) is 31.5 Å². The molecule has 160 valence electrons. The van der Waals surface area contributed by atoms with Crippen molar-refractivity contribution in [1.29, 1.82) is 0 Å². The van der Waals surface area contributed by atoms with Crippen LogP contribution in [0.4, 0.5) is 5.69 Å². The SMILES string of the molecule is Cc1nccn1CCC1CCCCN1C(=O)c1ccc(N2Cc3ccccc3C2)cc1. The number of piperidine rings is 1. The third-order valence-electron chi connectivity index (χ3n) is 6.84. The molecule has 1 amide bonds. The molecule has 1 aromatic heterocycles. The van der Waals surface area contributed by atoms with Crippen molar-refractivity contribution in [1.82, 2.24) is 14.5 Å². The zero-order chi connectivity index (χ0) is 21.2. The fourth-order valence-corrected chi connectivity index (χ4v) is 4.99. The summed E-state index contributed by atoms with van der Waals surface area (Å²) in [6.07, 6.45) is 8.23. The molecule has 0 bridgehead atoms.